The minimum atomic E-state index is -0.669. The fourth-order valence-corrected chi connectivity index (χ4v) is 3.41. The Bertz CT molecular complexity index is 549. The third-order valence-corrected chi connectivity index (χ3v) is 4.40. The van der Waals surface area contributed by atoms with Crippen LogP contribution in [-0.4, -0.2) is 29.0 Å². The van der Waals surface area contributed by atoms with Crippen LogP contribution in [-0.2, 0) is 5.41 Å². The van der Waals surface area contributed by atoms with E-state index in [0.717, 1.165) is 0 Å². The molecule has 2 heterocycles. The van der Waals surface area contributed by atoms with Gasteiger partial charge in [0.1, 0.15) is 17.6 Å². The van der Waals surface area contributed by atoms with Gasteiger partial charge in [-0.05, 0) is 6.92 Å². The van der Waals surface area contributed by atoms with Gasteiger partial charge in [-0.25, -0.2) is 4.79 Å². The first-order chi connectivity index (χ1) is 8.48. The Morgan fingerprint density at radius 1 is 1.56 bits per heavy atom. The van der Waals surface area contributed by atoms with Gasteiger partial charge in [0.2, 0.25) is 0 Å². The van der Waals surface area contributed by atoms with Crippen LogP contribution < -0.4 is 10.4 Å². The Morgan fingerprint density at radius 3 is 2.94 bits per heavy atom. The zero-order chi connectivity index (χ0) is 13.1. The second-order valence-electron chi connectivity index (χ2n) is 5.37. The van der Waals surface area contributed by atoms with E-state index >= 15 is 0 Å². The van der Waals surface area contributed by atoms with Gasteiger partial charge in [0.25, 0.3) is 0 Å². The first kappa shape index (κ1) is 11.7. The summed E-state index contributed by atoms with van der Waals surface area (Å²) in [6.45, 7) is 3.37. The molecule has 0 bridgehead atoms. The van der Waals surface area contributed by atoms with Crippen molar-refractivity contribution < 1.29 is 19.4 Å². The maximum absolute atomic E-state index is 12.0. The molecule has 98 valence electrons. The van der Waals surface area contributed by atoms with E-state index < -0.39 is 23.1 Å². The molecule has 1 aromatic heterocycles. The predicted octanol–water partition coefficient (Wildman–Crippen LogP) is 0.340. The molecule has 2 N–H and O–H groups in total. The van der Waals surface area contributed by atoms with Crippen LogP contribution in [0.2, 0.25) is 0 Å². The van der Waals surface area contributed by atoms with Gasteiger partial charge in [0, 0.05) is 30.4 Å². The van der Waals surface area contributed by atoms with Gasteiger partial charge in [-0.15, -0.1) is 0 Å². The van der Waals surface area contributed by atoms with Crippen molar-refractivity contribution in [2.45, 2.75) is 37.9 Å². The summed E-state index contributed by atoms with van der Waals surface area (Å²) in [5.41, 5.74) is -0.645. The average Bonchev–Trinajstić information content (AvgIpc) is 2.64. The fourth-order valence-electron chi connectivity index (χ4n) is 3.41. The molecule has 4 atom stereocenters. The summed E-state index contributed by atoms with van der Waals surface area (Å²) in [6.07, 6.45) is -0.502. The first-order valence-electron chi connectivity index (χ1n) is 6.09. The molecule has 0 aromatic carbocycles. The maximum Gasteiger partial charge on any atom is 0.343 e. The Balaban J connectivity index is 2.21. The molecule has 5 heteroatoms. The predicted molar refractivity (Wildman–Crippen MR) is 62.7 cm³/mol. The van der Waals surface area contributed by atoms with E-state index in [4.69, 9.17) is 9.15 Å². The lowest BCUT2D eigenvalue weighted by Crippen LogP contribution is -2.41. The van der Waals surface area contributed by atoms with Gasteiger partial charge in [-0.1, -0.05) is 6.92 Å². The lowest BCUT2D eigenvalue weighted by atomic mass is 9.74. The second kappa shape index (κ2) is 3.59. The molecular formula is C13H16O5. The van der Waals surface area contributed by atoms with Gasteiger partial charge in [-0.2, -0.15) is 0 Å². The maximum atomic E-state index is 12.0. The molecule has 1 fully saturated rings. The lowest BCUT2D eigenvalue weighted by Gasteiger charge is -2.28. The molecule has 3 rings (SSSR count). The van der Waals surface area contributed by atoms with Crippen molar-refractivity contribution in [2.24, 2.45) is 5.92 Å². The summed E-state index contributed by atoms with van der Waals surface area (Å²) in [5, 5.41) is 19.4. The van der Waals surface area contributed by atoms with Crippen LogP contribution in [0.5, 0.6) is 5.75 Å². The zero-order valence-corrected chi connectivity index (χ0v) is 10.3. The monoisotopic (exact) mass is 252 g/mol. The van der Waals surface area contributed by atoms with Crippen LogP contribution in [0.25, 0.3) is 0 Å². The average molecular weight is 252 g/mol. The summed E-state index contributed by atoms with van der Waals surface area (Å²) in [5.74, 6) is 0.638. The third kappa shape index (κ3) is 1.26. The summed E-state index contributed by atoms with van der Waals surface area (Å²) < 4.78 is 10.9. The number of ether oxygens (including phenoxy) is 1. The van der Waals surface area contributed by atoms with Gasteiger partial charge in [0.15, 0.2) is 0 Å². The number of rotatable bonds is 1. The number of aliphatic hydroxyl groups is 2. The molecule has 1 aliphatic carbocycles. The summed E-state index contributed by atoms with van der Waals surface area (Å²) in [6, 6.07) is 1.70. The fraction of sp³-hybridized carbons (Fsp3) is 0.615. The van der Waals surface area contributed by atoms with Crippen molar-refractivity contribution in [1.82, 2.24) is 0 Å². The highest BCUT2D eigenvalue weighted by Crippen LogP contribution is 2.53. The Labute approximate surface area is 104 Å². The van der Waals surface area contributed by atoms with Gasteiger partial charge in [-0.3, -0.25) is 0 Å². The minimum Gasteiger partial charge on any atom is -0.489 e. The van der Waals surface area contributed by atoms with Crippen molar-refractivity contribution in [3.05, 3.63) is 27.8 Å². The van der Waals surface area contributed by atoms with Crippen molar-refractivity contribution in [3.63, 3.8) is 0 Å². The van der Waals surface area contributed by atoms with Gasteiger partial charge < -0.3 is 19.4 Å². The van der Waals surface area contributed by atoms with Crippen molar-refractivity contribution in [1.29, 1.82) is 0 Å². The molecule has 18 heavy (non-hydrogen) atoms. The zero-order valence-electron chi connectivity index (χ0n) is 10.3. The topological polar surface area (TPSA) is 79.9 Å². The summed E-state index contributed by atoms with van der Waals surface area (Å²) >= 11 is 0. The van der Waals surface area contributed by atoms with Crippen LogP contribution in [0.15, 0.2) is 15.3 Å². The Morgan fingerprint density at radius 2 is 2.28 bits per heavy atom. The van der Waals surface area contributed by atoms with Crippen LogP contribution in [0.4, 0.5) is 0 Å². The first-order valence-corrected chi connectivity index (χ1v) is 6.09. The van der Waals surface area contributed by atoms with Gasteiger partial charge in [0.05, 0.1) is 11.7 Å². The molecule has 0 radical (unpaired) electrons. The van der Waals surface area contributed by atoms with E-state index in [-0.39, 0.29) is 12.7 Å². The summed E-state index contributed by atoms with van der Waals surface area (Å²) in [7, 11) is 0. The molecular weight excluding hydrogens is 236 g/mol. The highest BCUT2D eigenvalue weighted by Gasteiger charge is 2.60. The SMILES string of the molecule is Cc1cc2c(c(=O)o1)[C@@]1(C)[C@H](CO)[C@@H](O)C[C@H]1O2. The number of fused-ring (bicyclic) bond motifs is 3. The minimum absolute atomic E-state index is 0.176. The number of aliphatic hydroxyl groups excluding tert-OH is 2. The largest absolute Gasteiger partial charge is 0.489 e. The van der Waals surface area contributed by atoms with Crippen molar-refractivity contribution in [3.8, 4) is 5.75 Å². The van der Waals surface area contributed by atoms with Gasteiger partial charge >= 0.3 is 5.63 Å². The van der Waals surface area contributed by atoms with Crippen LogP contribution in [0.3, 0.4) is 0 Å². The highest BCUT2D eigenvalue weighted by atomic mass is 16.5. The smallest absolute Gasteiger partial charge is 0.343 e. The van der Waals surface area contributed by atoms with E-state index in [1.54, 1.807) is 13.0 Å². The van der Waals surface area contributed by atoms with Crippen molar-refractivity contribution >= 4 is 0 Å². The van der Waals surface area contributed by atoms with Crippen molar-refractivity contribution in [2.75, 3.05) is 6.61 Å². The Hall–Kier alpha value is -1.33. The van der Waals surface area contributed by atoms with E-state index in [9.17, 15) is 15.0 Å². The van der Waals surface area contributed by atoms with Crippen LogP contribution >= 0.6 is 0 Å². The highest BCUT2D eigenvalue weighted by molar-refractivity contribution is 5.45. The number of aryl methyl sites for hydroxylation is 1. The molecule has 1 saturated carbocycles. The third-order valence-electron chi connectivity index (χ3n) is 4.40. The standard InChI is InChI=1S/C13H16O5/c1-6-3-9-11(12(16)17-6)13(2)7(5-14)8(15)4-10(13)18-9/h3,7-8,10,14-15H,4-5H2,1-2H3/t7-,8+,10-,13+/m1/s1. The quantitative estimate of drug-likeness (QED) is 0.753. The van der Waals surface area contributed by atoms with E-state index in [1.165, 1.54) is 0 Å². The second-order valence-corrected chi connectivity index (χ2v) is 5.37. The lowest BCUT2D eigenvalue weighted by molar-refractivity contribution is 0.0637. The molecule has 0 amide bonds. The van der Waals surface area contributed by atoms with Crippen LogP contribution in [0.1, 0.15) is 24.7 Å². The van der Waals surface area contributed by atoms with E-state index in [0.29, 0.717) is 23.5 Å². The number of hydrogen-bond donors (Lipinski definition) is 2. The number of hydrogen-bond acceptors (Lipinski definition) is 5. The molecule has 0 spiro atoms. The molecule has 0 unspecified atom stereocenters. The van der Waals surface area contributed by atoms with E-state index in [1.807, 2.05) is 6.92 Å². The normalized spacial score (nSPS) is 37.2. The summed E-state index contributed by atoms with van der Waals surface area (Å²) in [4.78, 5) is 12.0. The molecule has 1 aromatic rings. The molecule has 1 aliphatic heterocycles. The molecule has 5 nitrogen and oxygen atoms in total. The van der Waals surface area contributed by atoms with Crippen LogP contribution in [0, 0.1) is 12.8 Å². The Kier molecular flexibility index (Phi) is 2.34. The van der Waals surface area contributed by atoms with E-state index in [2.05, 4.69) is 0 Å². The molecule has 2 aliphatic rings. The molecule has 0 saturated heterocycles.